The number of aliphatic hydroxyl groups excluding tert-OH is 2. The molecule has 0 bridgehead atoms. The molecule has 52 heavy (non-hydrogen) atoms. The second kappa shape index (κ2) is 39.6. The quantitative estimate of drug-likeness (QED) is 0.0241. The number of ether oxygens (including phenoxy) is 2. The van der Waals surface area contributed by atoms with Crippen LogP contribution in [0.2, 0.25) is 0 Å². The number of esters is 1. The molecule has 3 atom stereocenters. The number of phosphoric acid groups is 1. The van der Waals surface area contributed by atoms with E-state index in [-0.39, 0.29) is 25.6 Å². The number of hydrogen-bond acceptors (Lipinski definition) is 8. The first-order valence-corrected chi connectivity index (χ1v) is 22.8. The van der Waals surface area contributed by atoms with Crippen molar-refractivity contribution in [2.75, 3.05) is 33.0 Å². The molecule has 0 spiro atoms. The summed E-state index contributed by atoms with van der Waals surface area (Å²) < 4.78 is 33.3. The molecule has 0 heterocycles. The molecule has 0 saturated carbocycles. The molecule has 0 radical (unpaired) electrons. The zero-order chi connectivity index (χ0) is 38.2. The van der Waals surface area contributed by atoms with E-state index in [1.54, 1.807) is 0 Å². The Morgan fingerprint density at radius 2 is 1.04 bits per heavy atom. The maximum atomic E-state index is 12.6. The number of carbonyl (C=O) groups excluding carboxylic acids is 1. The predicted octanol–water partition coefficient (Wildman–Crippen LogP) is 11.5. The van der Waals surface area contributed by atoms with Gasteiger partial charge in [0, 0.05) is 13.0 Å². The largest absolute Gasteiger partial charge is 0.472 e. The van der Waals surface area contributed by atoms with Gasteiger partial charge >= 0.3 is 13.8 Å². The highest BCUT2D eigenvalue weighted by Crippen LogP contribution is 2.43. The number of unbranched alkanes of at least 4 members (excludes halogenated alkanes) is 23. The van der Waals surface area contributed by atoms with Crippen molar-refractivity contribution in [3.05, 3.63) is 24.3 Å². The van der Waals surface area contributed by atoms with Crippen LogP contribution in [0.1, 0.15) is 194 Å². The summed E-state index contributed by atoms with van der Waals surface area (Å²) in [5.41, 5.74) is 0. The van der Waals surface area contributed by atoms with Gasteiger partial charge in [0.2, 0.25) is 0 Å². The molecule has 0 fully saturated rings. The molecule has 0 aromatic rings. The third-order valence-electron chi connectivity index (χ3n) is 9.14. The minimum absolute atomic E-state index is 0.0508. The van der Waals surface area contributed by atoms with Crippen LogP contribution in [-0.4, -0.2) is 66.3 Å². The van der Waals surface area contributed by atoms with E-state index in [0.717, 1.165) is 44.9 Å². The van der Waals surface area contributed by atoms with Crippen LogP contribution in [0.15, 0.2) is 24.3 Å². The molecule has 3 N–H and O–H groups in total. The van der Waals surface area contributed by atoms with E-state index in [0.29, 0.717) is 6.61 Å². The first-order chi connectivity index (χ1) is 25.3. The molecule has 0 saturated heterocycles. The Labute approximate surface area is 319 Å². The van der Waals surface area contributed by atoms with Crippen LogP contribution in [0.25, 0.3) is 0 Å². The minimum Gasteiger partial charge on any atom is -0.457 e. The van der Waals surface area contributed by atoms with Gasteiger partial charge in [-0.25, -0.2) is 4.57 Å². The van der Waals surface area contributed by atoms with E-state index in [9.17, 15) is 19.4 Å². The highest BCUT2D eigenvalue weighted by molar-refractivity contribution is 7.47. The Hall–Kier alpha value is -1.06. The van der Waals surface area contributed by atoms with Gasteiger partial charge < -0.3 is 24.6 Å². The van der Waals surface area contributed by atoms with E-state index in [4.69, 9.17) is 23.6 Å². The lowest BCUT2D eigenvalue weighted by Gasteiger charge is -2.20. The molecule has 0 aliphatic heterocycles. The van der Waals surface area contributed by atoms with Crippen LogP contribution >= 0.6 is 7.82 Å². The molecular weight excluding hydrogens is 679 g/mol. The summed E-state index contributed by atoms with van der Waals surface area (Å²) in [4.78, 5) is 22.5. The standard InChI is InChI=1S/C42H81O9P/c1-3-5-7-9-11-13-15-16-17-18-19-20-21-22-23-25-27-29-31-33-35-48-38-41(39-50-52(46,47)49-37-40(44)36-43)51-42(45)34-32-30-28-26-24-14-12-10-8-6-4-2/h11,13,16-17,40-41,43-44H,3-10,12,14-15,18-39H2,1-2H3,(H,46,47)/b13-11-,17-16-. The van der Waals surface area contributed by atoms with Crippen molar-refractivity contribution in [1.82, 2.24) is 0 Å². The van der Waals surface area contributed by atoms with Gasteiger partial charge in [-0.05, 0) is 44.9 Å². The van der Waals surface area contributed by atoms with Crippen molar-refractivity contribution >= 4 is 13.8 Å². The first kappa shape index (κ1) is 50.9. The summed E-state index contributed by atoms with van der Waals surface area (Å²) in [7, 11) is -4.51. The van der Waals surface area contributed by atoms with Crippen LogP contribution in [-0.2, 0) is 27.9 Å². The Kier molecular flexibility index (Phi) is 38.8. The molecule has 0 aliphatic rings. The smallest absolute Gasteiger partial charge is 0.457 e. The second-order valence-electron chi connectivity index (χ2n) is 14.4. The van der Waals surface area contributed by atoms with Gasteiger partial charge in [0.15, 0.2) is 0 Å². The average Bonchev–Trinajstić information content (AvgIpc) is 3.13. The van der Waals surface area contributed by atoms with E-state index >= 15 is 0 Å². The fraction of sp³-hybridized carbons (Fsp3) is 0.881. The lowest BCUT2D eigenvalue weighted by molar-refractivity contribution is -0.154. The van der Waals surface area contributed by atoms with Crippen molar-refractivity contribution in [3.63, 3.8) is 0 Å². The monoisotopic (exact) mass is 761 g/mol. The molecule has 308 valence electrons. The number of phosphoric ester groups is 1. The summed E-state index contributed by atoms with van der Waals surface area (Å²) >= 11 is 0. The third kappa shape index (κ3) is 38.7. The summed E-state index contributed by atoms with van der Waals surface area (Å²) in [5, 5.41) is 18.3. The van der Waals surface area contributed by atoms with Crippen LogP contribution in [0.3, 0.4) is 0 Å². The van der Waals surface area contributed by atoms with E-state index in [2.05, 4.69) is 38.2 Å². The number of rotatable bonds is 41. The number of aliphatic hydroxyl groups is 2. The number of carbonyl (C=O) groups is 1. The molecule has 10 heteroatoms. The molecular formula is C42H81O9P. The third-order valence-corrected chi connectivity index (χ3v) is 10.1. The van der Waals surface area contributed by atoms with Crippen molar-refractivity contribution in [2.45, 2.75) is 206 Å². The van der Waals surface area contributed by atoms with Gasteiger partial charge in [-0.15, -0.1) is 0 Å². The molecule has 0 rings (SSSR count). The van der Waals surface area contributed by atoms with Gasteiger partial charge in [0.25, 0.3) is 0 Å². The molecule has 0 aliphatic carbocycles. The molecule has 0 aromatic carbocycles. The fourth-order valence-electron chi connectivity index (χ4n) is 5.86. The lowest BCUT2D eigenvalue weighted by atomic mass is 10.1. The number of allylic oxidation sites excluding steroid dienone is 4. The molecule has 3 unspecified atom stereocenters. The van der Waals surface area contributed by atoms with Gasteiger partial charge in [-0.3, -0.25) is 13.8 Å². The molecule has 9 nitrogen and oxygen atoms in total. The minimum atomic E-state index is -4.51. The normalized spacial score (nSPS) is 14.3. The Morgan fingerprint density at radius 1 is 0.596 bits per heavy atom. The second-order valence-corrected chi connectivity index (χ2v) is 15.8. The lowest BCUT2D eigenvalue weighted by Crippen LogP contribution is -2.29. The summed E-state index contributed by atoms with van der Waals surface area (Å²) in [6.45, 7) is 3.50. The maximum Gasteiger partial charge on any atom is 0.472 e. The van der Waals surface area contributed by atoms with Crippen molar-refractivity contribution in [3.8, 4) is 0 Å². The van der Waals surface area contributed by atoms with Crippen molar-refractivity contribution in [1.29, 1.82) is 0 Å². The van der Waals surface area contributed by atoms with Gasteiger partial charge in [0.1, 0.15) is 12.2 Å². The summed E-state index contributed by atoms with van der Waals surface area (Å²) in [5.74, 6) is -0.384. The van der Waals surface area contributed by atoms with E-state index in [1.807, 2.05) is 0 Å². The SMILES string of the molecule is CCCCC/C=C\C/C=C\CCCCCCCCCCCCOCC(COP(=O)(O)OCC(O)CO)OC(=O)CCCCCCCCCCCCC. The Balaban J connectivity index is 4.10. The van der Waals surface area contributed by atoms with Crippen molar-refractivity contribution < 1.29 is 43.0 Å². The van der Waals surface area contributed by atoms with Crippen LogP contribution in [0, 0.1) is 0 Å². The van der Waals surface area contributed by atoms with Gasteiger partial charge in [-0.2, -0.15) is 0 Å². The van der Waals surface area contributed by atoms with Gasteiger partial charge in [0.05, 0.1) is 26.4 Å². The fourth-order valence-corrected chi connectivity index (χ4v) is 6.65. The highest BCUT2D eigenvalue weighted by Gasteiger charge is 2.26. The first-order valence-electron chi connectivity index (χ1n) is 21.3. The predicted molar refractivity (Wildman–Crippen MR) is 214 cm³/mol. The van der Waals surface area contributed by atoms with E-state index in [1.165, 1.54) is 128 Å². The highest BCUT2D eigenvalue weighted by atomic mass is 31.2. The molecule has 0 aromatic heterocycles. The summed E-state index contributed by atoms with van der Waals surface area (Å²) in [6.07, 6.45) is 39.9. The summed E-state index contributed by atoms with van der Waals surface area (Å²) in [6, 6.07) is 0. The zero-order valence-corrected chi connectivity index (χ0v) is 34.4. The number of hydrogen-bond donors (Lipinski definition) is 3. The van der Waals surface area contributed by atoms with E-state index < -0.39 is 33.2 Å². The van der Waals surface area contributed by atoms with Crippen LogP contribution < -0.4 is 0 Å². The average molecular weight is 761 g/mol. The van der Waals surface area contributed by atoms with Gasteiger partial charge in [-0.1, -0.05) is 167 Å². The van der Waals surface area contributed by atoms with Crippen LogP contribution in [0.5, 0.6) is 0 Å². The zero-order valence-electron chi connectivity index (χ0n) is 33.5. The topological polar surface area (TPSA) is 132 Å². The Bertz CT molecular complexity index is 866. The molecule has 0 amide bonds. The van der Waals surface area contributed by atoms with Crippen LogP contribution in [0.4, 0.5) is 0 Å². The van der Waals surface area contributed by atoms with Crippen molar-refractivity contribution in [2.24, 2.45) is 0 Å². The Morgan fingerprint density at radius 3 is 1.58 bits per heavy atom. The maximum absolute atomic E-state index is 12.6.